The van der Waals surface area contributed by atoms with E-state index in [4.69, 9.17) is 4.74 Å². The normalized spacial score (nSPS) is 10.8. The van der Waals surface area contributed by atoms with Gasteiger partial charge in [-0.2, -0.15) is 5.10 Å². The number of ether oxygens (including phenoxy) is 1. The van der Waals surface area contributed by atoms with Crippen LogP contribution in [0.25, 0.3) is 5.69 Å². The summed E-state index contributed by atoms with van der Waals surface area (Å²) in [4.78, 5) is 24.0. The molecule has 0 spiro atoms. The van der Waals surface area contributed by atoms with Crippen molar-refractivity contribution in [3.05, 3.63) is 76.0 Å². The van der Waals surface area contributed by atoms with Gasteiger partial charge < -0.3 is 14.6 Å². The first-order valence-corrected chi connectivity index (χ1v) is 9.91. The summed E-state index contributed by atoms with van der Waals surface area (Å²) in [6.45, 7) is 3.94. The molecule has 1 aromatic heterocycles. The molecule has 0 aliphatic carbocycles. The summed E-state index contributed by atoms with van der Waals surface area (Å²) in [5.41, 5.74) is 6.56. The van der Waals surface area contributed by atoms with Gasteiger partial charge in [0.05, 0.1) is 13.3 Å². The van der Waals surface area contributed by atoms with Crippen molar-refractivity contribution >= 4 is 39.6 Å². The van der Waals surface area contributed by atoms with Crippen molar-refractivity contribution in [2.24, 2.45) is 5.10 Å². The number of hydrogen-bond acceptors (Lipinski definition) is 4. The zero-order chi connectivity index (χ0) is 21.7. The van der Waals surface area contributed by atoms with Crippen molar-refractivity contribution < 1.29 is 14.3 Å². The van der Waals surface area contributed by atoms with Crippen molar-refractivity contribution in [3.63, 3.8) is 0 Å². The fourth-order valence-corrected chi connectivity index (χ4v) is 3.24. The van der Waals surface area contributed by atoms with Crippen LogP contribution in [0.3, 0.4) is 0 Å². The number of hydrogen-bond donors (Lipinski definition) is 2. The summed E-state index contributed by atoms with van der Waals surface area (Å²) < 4.78 is 8.15. The van der Waals surface area contributed by atoms with Crippen molar-refractivity contribution in [2.75, 3.05) is 12.4 Å². The Morgan fingerprint density at radius 1 is 1.03 bits per heavy atom. The Morgan fingerprint density at radius 3 is 2.33 bits per heavy atom. The third-order valence-electron chi connectivity index (χ3n) is 4.48. The first-order chi connectivity index (χ1) is 14.4. The second kappa shape index (κ2) is 9.41. The number of methoxy groups -OCH3 is 1. The van der Waals surface area contributed by atoms with Crippen molar-refractivity contribution in [1.29, 1.82) is 0 Å². The lowest BCUT2D eigenvalue weighted by Gasteiger charge is -2.10. The molecule has 7 nitrogen and oxygen atoms in total. The molecule has 30 heavy (non-hydrogen) atoms. The van der Waals surface area contributed by atoms with Gasteiger partial charge in [0.1, 0.15) is 5.75 Å². The van der Waals surface area contributed by atoms with Gasteiger partial charge in [-0.15, -0.1) is 0 Å². The minimum Gasteiger partial charge on any atom is -0.497 e. The first kappa shape index (κ1) is 21.3. The van der Waals surface area contributed by atoms with Gasteiger partial charge in [0, 0.05) is 32.8 Å². The number of rotatable bonds is 5. The van der Waals surface area contributed by atoms with Crippen LogP contribution in [0.2, 0.25) is 0 Å². The molecule has 0 fully saturated rings. The van der Waals surface area contributed by atoms with E-state index >= 15 is 0 Å². The maximum Gasteiger partial charge on any atom is 0.329 e. The fourth-order valence-electron chi connectivity index (χ4n) is 2.98. The third kappa shape index (κ3) is 4.96. The molecule has 8 heteroatoms. The van der Waals surface area contributed by atoms with E-state index < -0.39 is 11.8 Å². The van der Waals surface area contributed by atoms with Gasteiger partial charge in [-0.05, 0) is 68.4 Å². The SMILES string of the molecule is COc1ccc(-n2c(C)cc(/C=N\NC(=O)C(=O)Nc3ccc(Br)cc3)c2C)cc1. The Kier molecular flexibility index (Phi) is 6.68. The molecule has 0 saturated heterocycles. The van der Waals surface area contributed by atoms with E-state index in [1.807, 2.05) is 44.2 Å². The Bertz CT molecular complexity index is 1090. The lowest BCUT2D eigenvalue weighted by atomic mass is 10.2. The van der Waals surface area contributed by atoms with E-state index in [0.29, 0.717) is 5.69 Å². The van der Waals surface area contributed by atoms with Crippen LogP contribution in [-0.2, 0) is 9.59 Å². The summed E-state index contributed by atoms with van der Waals surface area (Å²) in [6.07, 6.45) is 1.52. The number of anilines is 1. The highest BCUT2D eigenvalue weighted by atomic mass is 79.9. The number of aromatic nitrogens is 1. The minimum atomic E-state index is -0.849. The van der Waals surface area contributed by atoms with E-state index in [-0.39, 0.29) is 0 Å². The van der Waals surface area contributed by atoms with Crippen molar-refractivity contribution in [3.8, 4) is 11.4 Å². The van der Waals surface area contributed by atoms with Crippen LogP contribution in [0.1, 0.15) is 17.0 Å². The van der Waals surface area contributed by atoms with Crippen LogP contribution in [0.4, 0.5) is 5.69 Å². The Balaban J connectivity index is 1.66. The molecule has 2 N–H and O–H groups in total. The molecule has 0 aliphatic heterocycles. The summed E-state index contributed by atoms with van der Waals surface area (Å²) in [5.74, 6) is -0.858. The number of aryl methyl sites for hydroxylation is 1. The largest absolute Gasteiger partial charge is 0.497 e. The highest BCUT2D eigenvalue weighted by Crippen LogP contribution is 2.22. The van der Waals surface area contributed by atoms with Crippen LogP contribution < -0.4 is 15.5 Å². The molecular formula is C22H21BrN4O3. The van der Waals surface area contributed by atoms with E-state index in [2.05, 4.69) is 36.3 Å². The van der Waals surface area contributed by atoms with E-state index in [1.54, 1.807) is 31.4 Å². The second-order valence-corrected chi connectivity index (χ2v) is 7.44. The zero-order valence-corrected chi connectivity index (χ0v) is 18.4. The van der Waals surface area contributed by atoms with E-state index in [9.17, 15) is 9.59 Å². The predicted molar refractivity (Wildman–Crippen MR) is 120 cm³/mol. The molecular weight excluding hydrogens is 448 g/mol. The van der Waals surface area contributed by atoms with Crippen LogP contribution >= 0.6 is 15.9 Å². The molecule has 2 amide bonds. The minimum absolute atomic E-state index is 0.519. The van der Waals surface area contributed by atoms with E-state index in [1.165, 1.54) is 6.21 Å². The van der Waals surface area contributed by atoms with Crippen LogP contribution in [0.5, 0.6) is 5.75 Å². The monoisotopic (exact) mass is 468 g/mol. The van der Waals surface area contributed by atoms with Gasteiger partial charge in [0.15, 0.2) is 0 Å². The average molecular weight is 469 g/mol. The Morgan fingerprint density at radius 2 is 1.70 bits per heavy atom. The maximum absolute atomic E-state index is 12.0. The average Bonchev–Trinajstić information content (AvgIpc) is 3.02. The highest BCUT2D eigenvalue weighted by molar-refractivity contribution is 9.10. The number of nitrogens with zero attached hydrogens (tertiary/aromatic N) is 2. The third-order valence-corrected chi connectivity index (χ3v) is 5.01. The van der Waals surface area contributed by atoms with Gasteiger partial charge in [-0.25, -0.2) is 5.43 Å². The molecule has 0 unspecified atom stereocenters. The summed E-state index contributed by atoms with van der Waals surface area (Å²) in [7, 11) is 1.63. The molecule has 0 bridgehead atoms. The molecule has 0 radical (unpaired) electrons. The van der Waals surface area contributed by atoms with E-state index in [0.717, 1.165) is 32.9 Å². The second-order valence-electron chi connectivity index (χ2n) is 6.52. The van der Waals surface area contributed by atoms with Gasteiger partial charge in [-0.1, -0.05) is 15.9 Å². The van der Waals surface area contributed by atoms with Crippen molar-refractivity contribution in [2.45, 2.75) is 13.8 Å². The molecule has 3 rings (SSSR count). The lowest BCUT2D eigenvalue weighted by Crippen LogP contribution is -2.32. The smallest absolute Gasteiger partial charge is 0.329 e. The van der Waals surface area contributed by atoms with Crippen molar-refractivity contribution in [1.82, 2.24) is 9.99 Å². The van der Waals surface area contributed by atoms with Crippen LogP contribution in [-0.4, -0.2) is 29.7 Å². The quantitative estimate of drug-likeness (QED) is 0.337. The number of hydrazone groups is 1. The number of nitrogens with one attached hydrogen (secondary N) is 2. The molecule has 154 valence electrons. The number of amides is 2. The Labute approximate surface area is 182 Å². The molecule has 0 atom stereocenters. The number of carbonyl (C=O) groups excluding carboxylic acids is 2. The molecule has 2 aromatic carbocycles. The summed E-state index contributed by atoms with van der Waals surface area (Å²) in [5, 5.41) is 6.44. The maximum atomic E-state index is 12.0. The molecule has 3 aromatic rings. The number of halogens is 1. The molecule has 1 heterocycles. The topological polar surface area (TPSA) is 84.7 Å². The van der Waals surface area contributed by atoms with Gasteiger partial charge >= 0.3 is 11.8 Å². The predicted octanol–water partition coefficient (Wildman–Crippen LogP) is 3.95. The Hall–Kier alpha value is -3.39. The number of carbonyl (C=O) groups is 2. The first-order valence-electron chi connectivity index (χ1n) is 9.12. The summed E-state index contributed by atoms with van der Waals surface area (Å²) in [6, 6.07) is 16.6. The number of benzene rings is 2. The summed E-state index contributed by atoms with van der Waals surface area (Å²) >= 11 is 3.31. The van der Waals surface area contributed by atoms with Gasteiger partial charge in [0.25, 0.3) is 0 Å². The lowest BCUT2D eigenvalue weighted by molar-refractivity contribution is -0.136. The highest BCUT2D eigenvalue weighted by Gasteiger charge is 2.13. The van der Waals surface area contributed by atoms with Crippen LogP contribution in [0.15, 0.2) is 64.2 Å². The van der Waals surface area contributed by atoms with Gasteiger partial charge in [0.2, 0.25) is 0 Å². The van der Waals surface area contributed by atoms with Crippen LogP contribution in [0, 0.1) is 13.8 Å². The fraction of sp³-hybridized carbons (Fsp3) is 0.136. The molecule has 0 aliphatic rings. The molecule has 0 saturated carbocycles. The van der Waals surface area contributed by atoms with Gasteiger partial charge in [-0.3, -0.25) is 9.59 Å². The zero-order valence-electron chi connectivity index (χ0n) is 16.8. The standard InChI is InChI=1S/C22H21BrN4O3/c1-14-12-16(15(2)27(14)19-8-10-20(30-3)11-9-19)13-24-26-22(29)21(28)25-18-6-4-17(23)5-7-18/h4-13H,1-3H3,(H,25,28)(H,26,29)/b24-13-.